The molecule has 1 rings (SSSR count). The second-order valence-electron chi connectivity index (χ2n) is 2.98. The Hall–Kier alpha value is -1.65. The normalized spacial score (nSPS) is 10.8. The molecule has 0 radical (unpaired) electrons. The third kappa shape index (κ3) is 4.72. The maximum absolute atomic E-state index is 10.3. The summed E-state index contributed by atoms with van der Waals surface area (Å²) in [4.78, 5) is 8.31. The Morgan fingerprint density at radius 3 is 2.56 bits per heavy atom. The minimum absolute atomic E-state index is 0.128. The summed E-state index contributed by atoms with van der Waals surface area (Å²) in [5.41, 5.74) is 0.488. The predicted octanol–water partition coefficient (Wildman–Crippen LogP) is -0.111. The van der Waals surface area contributed by atoms with Gasteiger partial charge < -0.3 is 4.55 Å². The van der Waals surface area contributed by atoms with Crippen LogP contribution < -0.4 is 9.57 Å². The Morgan fingerprint density at radius 1 is 1.44 bits per heavy atom. The van der Waals surface area contributed by atoms with E-state index in [9.17, 15) is 13.0 Å². The molecule has 0 saturated heterocycles. The summed E-state index contributed by atoms with van der Waals surface area (Å²) in [6.07, 6.45) is 3.22. The molecule has 0 aliphatic carbocycles. The summed E-state index contributed by atoms with van der Waals surface area (Å²) in [6, 6.07) is 3.13. The molecule has 16 heavy (non-hydrogen) atoms. The Labute approximate surface area is 93.6 Å². The summed E-state index contributed by atoms with van der Waals surface area (Å²) in [6.45, 7) is 6.85. The van der Waals surface area contributed by atoms with Crippen LogP contribution in [0.25, 0.3) is 4.85 Å². The Bertz CT molecular complexity index is 475. The van der Waals surface area contributed by atoms with Gasteiger partial charge in [0, 0.05) is 29.0 Å². The summed E-state index contributed by atoms with van der Waals surface area (Å²) < 4.78 is 32.2. The molecule has 86 valence electrons. The Morgan fingerprint density at radius 2 is 2.06 bits per heavy atom. The minimum atomic E-state index is -4.17. The molecule has 0 aliphatic heterocycles. The van der Waals surface area contributed by atoms with E-state index in [0.717, 1.165) is 0 Å². The number of pyridine rings is 1. The second-order valence-corrected chi connectivity index (χ2v) is 4.50. The van der Waals surface area contributed by atoms with Crippen molar-refractivity contribution in [2.24, 2.45) is 0 Å². The highest BCUT2D eigenvalue weighted by Crippen LogP contribution is 2.05. The predicted molar refractivity (Wildman–Crippen MR) is 53.5 cm³/mol. The zero-order chi connectivity index (χ0) is 12.0. The standard InChI is InChI=1S/C9H10N2O4S/c1-10-9-3-5-11(6-4-9)15-7-2-8-16(12,13)14/h3-6H,2,7-8H2. The van der Waals surface area contributed by atoms with Crippen LogP contribution in [0.5, 0.6) is 0 Å². The topological polar surface area (TPSA) is 74.7 Å². The van der Waals surface area contributed by atoms with Crippen molar-refractivity contribution in [3.63, 3.8) is 0 Å². The van der Waals surface area contributed by atoms with Crippen molar-refractivity contribution < 1.29 is 22.5 Å². The summed E-state index contributed by atoms with van der Waals surface area (Å²) >= 11 is 0. The van der Waals surface area contributed by atoms with E-state index < -0.39 is 15.9 Å². The average Bonchev–Trinajstić information content (AvgIpc) is 2.24. The van der Waals surface area contributed by atoms with Gasteiger partial charge in [-0.2, -0.15) is 0 Å². The molecule has 0 N–H and O–H groups in total. The van der Waals surface area contributed by atoms with Crippen LogP contribution in [0.1, 0.15) is 6.42 Å². The van der Waals surface area contributed by atoms with Gasteiger partial charge >= 0.3 is 0 Å². The van der Waals surface area contributed by atoms with Gasteiger partial charge in [0.05, 0.1) is 16.7 Å². The molecule has 0 aromatic carbocycles. The van der Waals surface area contributed by atoms with Crippen LogP contribution in [-0.4, -0.2) is 25.3 Å². The summed E-state index contributed by atoms with van der Waals surface area (Å²) in [7, 11) is -4.17. The van der Waals surface area contributed by atoms with E-state index in [4.69, 9.17) is 11.4 Å². The lowest BCUT2D eigenvalue weighted by atomic mass is 10.4. The number of nitrogens with zero attached hydrogens (tertiary/aromatic N) is 2. The lowest BCUT2D eigenvalue weighted by Gasteiger charge is -2.04. The quantitative estimate of drug-likeness (QED) is 0.312. The number of rotatable bonds is 5. The van der Waals surface area contributed by atoms with Gasteiger partial charge in [0.2, 0.25) is 12.4 Å². The van der Waals surface area contributed by atoms with Crippen LogP contribution in [0.15, 0.2) is 24.5 Å². The van der Waals surface area contributed by atoms with E-state index in [2.05, 4.69) is 4.85 Å². The smallest absolute Gasteiger partial charge is 0.212 e. The average molecular weight is 242 g/mol. The lowest BCUT2D eigenvalue weighted by Crippen LogP contribution is -2.42. The number of hydrogen-bond donors (Lipinski definition) is 0. The van der Waals surface area contributed by atoms with Gasteiger partial charge in [-0.15, -0.1) is 0 Å². The van der Waals surface area contributed by atoms with E-state index in [1.165, 1.54) is 4.73 Å². The Kier molecular flexibility index (Phi) is 4.22. The molecule has 0 saturated carbocycles. The summed E-state index contributed by atoms with van der Waals surface area (Å²) in [5, 5.41) is 0. The van der Waals surface area contributed by atoms with Crippen molar-refractivity contribution in [3.05, 3.63) is 35.9 Å². The van der Waals surface area contributed by atoms with Crippen LogP contribution in [-0.2, 0) is 10.1 Å². The molecule has 0 unspecified atom stereocenters. The van der Waals surface area contributed by atoms with Crippen LogP contribution in [0.4, 0.5) is 5.69 Å². The van der Waals surface area contributed by atoms with Crippen LogP contribution >= 0.6 is 0 Å². The van der Waals surface area contributed by atoms with Crippen LogP contribution in [0.2, 0.25) is 0 Å². The highest BCUT2D eigenvalue weighted by atomic mass is 32.2. The SMILES string of the molecule is [C-]#[N+]c1cc[n+](OCCCS(=O)(=O)[O-])cc1. The molecule has 1 heterocycles. The molecule has 1 aromatic heterocycles. The molecule has 7 heteroatoms. The van der Waals surface area contributed by atoms with Gasteiger partial charge in [0.1, 0.15) is 0 Å². The monoisotopic (exact) mass is 242 g/mol. The maximum atomic E-state index is 10.3. The van der Waals surface area contributed by atoms with E-state index in [-0.39, 0.29) is 13.0 Å². The molecule has 0 bridgehead atoms. The molecular weight excluding hydrogens is 232 g/mol. The molecule has 0 atom stereocenters. The first-order valence-corrected chi connectivity index (χ1v) is 6.04. The van der Waals surface area contributed by atoms with Crippen LogP contribution in [0, 0.1) is 6.57 Å². The zero-order valence-corrected chi connectivity index (χ0v) is 9.18. The van der Waals surface area contributed by atoms with Crippen molar-refractivity contribution in [2.45, 2.75) is 6.42 Å². The maximum Gasteiger partial charge on any atom is 0.212 e. The van der Waals surface area contributed by atoms with Gasteiger partial charge in [0.25, 0.3) is 0 Å². The van der Waals surface area contributed by atoms with Gasteiger partial charge in [-0.25, -0.2) is 13.3 Å². The largest absolute Gasteiger partial charge is 0.748 e. The lowest BCUT2D eigenvalue weighted by molar-refractivity contribution is -0.891. The molecule has 1 aromatic rings. The third-order valence-corrected chi connectivity index (χ3v) is 2.48. The zero-order valence-electron chi connectivity index (χ0n) is 8.37. The Balaban J connectivity index is 2.36. The van der Waals surface area contributed by atoms with Crippen molar-refractivity contribution in [1.29, 1.82) is 0 Å². The molecule has 0 aliphatic rings. The minimum Gasteiger partial charge on any atom is -0.748 e. The van der Waals surface area contributed by atoms with E-state index in [0.29, 0.717) is 5.69 Å². The fourth-order valence-electron chi connectivity index (χ4n) is 0.971. The molecular formula is C9H10N2O4S. The van der Waals surface area contributed by atoms with Gasteiger partial charge in [-0.05, 0) is 0 Å². The van der Waals surface area contributed by atoms with Gasteiger partial charge in [0.15, 0.2) is 12.3 Å². The first kappa shape index (κ1) is 12.4. The molecule has 0 fully saturated rings. The van der Waals surface area contributed by atoms with E-state index in [1.807, 2.05) is 0 Å². The molecule has 0 amide bonds. The van der Waals surface area contributed by atoms with Gasteiger partial charge in [-0.1, -0.05) is 0 Å². The number of aromatic nitrogens is 1. The first-order chi connectivity index (χ1) is 7.51. The van der Waals surface area contributed by atoms with E-state index in [1.54, 1.807) is 24.5 Å². The van der Waals surface area contributed by atoms with Crippen LogP contribution in [0.3, 0.4) is 0 Å². The summed E-state index contributed by atoms with van der Waals surface area (Å²) in [5.74, 6) is -0.437. The van der Waals surface area contributed by atoms with Crippen molar-refractivity contribution in [3.8, 4) is 0 Å². The molecule has 0 spiro atoms. The van der Waals surface area contributed by atoms with Crippen molar-refractivity contribution >= 4 is 15.8 Å². The second kappa shape index (κ2) is 5.44. The fourth-order valence-corrected chi connectivity index (χ4v) is 1.44. The number of hydrogen-bond acceptors (Lipinski definition) is 4. The third-order valence-electron chi connectivity index (χ3n) is 1.69. The molecule has 6 nitrogen and oxygen atoms in total. The highest BCUT2D eigenvalue weighted by molar-refractivity contribution is 7.85. The van der Waals surface area contributed by atoms with Crippen molar-refractivity contribution in [2.75, 3.05) is 12.4 Å². The fraction of sp³-hybridized carbons (Fsp3) is 0.333. The first-order valence-electron chi connectivity index (χ1n) is 4.47. The van der Waals surface area contributed by atoms with E-state index >= 15 is 0 Å². The van der Waals surface area contributed by atoms with Gasteiger partial charge in [-0.3, -0.25) is 4.84 Å². The van der Waals surface area contributed by atoms with Crippen molar-refractivity contribution in [1.82, 2.24) is 0 Å². The highest BCUT2D eigenvalue weighted by Gasteiger charge is 2.02.